The number of hydrogen-bond donors (Lipinski definition) is 0. The Balaban J connectivity index is 1.36. The molecule has 2 atom stereocenters. The molecule has 2 aliphatic heterocycles. The molecule has 0 unspecified atom stereocenters. The van der Waals surface area contributed by atoms with Crippen LogP contribution >= 0.6 is 0 Å². The summed E-state index contributed by atoms with van der Waals surface area (Å²) in [5, 5.41) is 4.29. The molecule has 3 fully saturated rings. The molecule has 1 aliphatic carbocycles. The fourth-order valence-corrected chi connectivity index (χ4v) is 4.38. The fourth-order valence-electron chi connectivity index (χ4n) is 4.38. The van der Waals surface area contributed by atoms with Crippen LogP contribution in [0, 0.1) is 5.92 Å². The van der Waals surface area contributed by atoms with Crippen LogP contribution in [0.5, 0.6) is 0 Å². The van der Waals surface area contributed by atoms with Gasteiger partial charge in [-0.3, -0.25) is 9.69 Å². The average Bonchev–Trinajstić information content (AvgIpc) is 3.40. The maximum absolute atomic E-state index is 13.2. The first-order valence-corrected chi connectivity index (χ1v) is 9.53. The highest BCUT2D eigenvalue weighted by Crippen LogP contribution is 2.38. The van der Waals surface area contributed by atoms with Crippen molar-refractivity contribution in [3.63, 3.8) is 0 Å². The number of fused-ring (bicyclic) bond motifs is 1. The second kappa shape index (κ2) is 6.52. The Labute approximate surface area is 153 Å². The molecule has 6 nitrogen and oxygen atoms in total. The Morgan fingerprint density at radius 1 is 1.12 bits per heavy atom. The summed E-state index contributed by atoms with van der Waals surface area (Å²) < 4.78 is 7.64. The van der Waals surface area contributed by atoms with E-state index in [2.05, 4.69) is 10.00 Å². The average molecular weight is 352 g/mol. The number of benzene rings is 1. The predicted molar refractivity (Wildman–Crippen MR) is 97.3 cm³/mol. The Bertz CT molecular complexity index is 787. The molecule has 0 radical (unpaired) electrons. The molecule has 3 heterocycles. The molecule has 1 amide bonds. The van der Waals surface area contributed by atoms with Gasteiger partial charge in [0.05, 0.1) is 30.5 Å². The molecule has 1 saturated carbocycles. The van der Waals surface area contributed by atoms with Gasteiger partial charge in [-0.05, 0) is 37.0 Å². The van der Waals surface area contributed by atoms with E-state index in [0.29, 0.717) is 17.6 Å². The van der Waals surface area contributed by atoms with Gasteiger partial charge in [-0.15, -0.1) is 0 Å². The van der Waals surface area contributed by atoms with Gasteiger partial charge >= 0.3 is 0 Å². The number of piperazine rings is 1. The number of para-hydroxylation sites is 1. The van der Waals surface area contributed by atoms with Crippen LogP contribution in [0.3, 0.4) is 0 Å². The minimum absolute atomic E-state index is 0.0873. The van der Waals surface area contributed by atoms with E-state index < -0.39 is 0 Å². The van der Waals surface area contributed by atoms with E-state index in [9.17, 15) is 4.79 Å². The number of carbonyl (C=O) groups excluding carboxylic acids is 1. The van der Waals surface area contributed by atoms with Crippen LogP contribution in [-0.2, 0) is 4.74 Å². The molecule has 0 bridgehead atoms. The van der Waals surface area contributed by atoms with Crippen LogP contribution in [-0.4, -0.2) is 70.4 Å². The monoisotopic (exact) mass is 352 g/mol. The Kier molecular flexibility index (Phi) is 4.02. The molecule has 2 aromatic rings. The van der Waals surface area contributed by atoms with Crippen LogP contribution in [0.15, 0.2) is 42.7 Å². The summed E-state index contributed by atoms with van der Waals surface area (Å²) in [4.78, 5) is 17.8. The SMILES string of the molecule is O=C(c1ccccc1-n1cccn1)N1CCN2[C@@H](COC[C@@H]2C2CC2)C1. The number of rotatable bonds is 3. The summed E-state index contributed by atoms with van der Waals surface area (Å²) in [6, 6.07) is 10.5. The number of ether oxygens (including phenoxy) is 1. The third kappa shape index (κ3) is 2.83. The highest BCUT2D eigenvalue weighted by atomic mass is 16.5. The van der Waals surface area contributed by atoms with Crippen LogP contribution in [0.2, 0.25) is 0 Å². The van der Waals surface area contributed by atoms with Crippen LogP contribution in [0.4, 0.5) is 0 Å². The van der Waals surface area contributed by atoms with Crippen molar-refractivity contribution >= 4 is 5.91 Å². The standard InChI is InChI=1S/C20H24N4O2/c25-20(17-4-1-2-5-18(17)24-9-3-8-21-24)22-10-11-23-16(12-22)13-26-14-19(23)15-6-7-15/h1-5,8-9,15-16,19H,6-7,10-14H2/t16-,19-/m1/s1. The first-order chi connectivity index (χ1) is 12.8. The van der Waals surface area contributed by atoms with Crippen molar-refractivity contribution in [1.82, 2.24) is 19.6 Å². The van der Waals surface area contributed by atoms with E-state index >= 15 is 0 Å². The Morgan fingerprint density at radius 2 is 2.00 bits per heavy atom. The summed E-state index contributed by atoms with van der Waals surface area (Å²) in [5.41, 5.74) is 1.54. The van der Waals surface area contributed by atoms with E-state index in [-0.39, 0.29) is 5.91 Å². The van der Waals surface area contributed by atoms with Crippen LogP contribution in [0.25, 0.3) is 5.69 Å². The smallest absolute Gasteiger partial charge is 0.256 e. The molecule has 3 aliphatic rings. The number of morpholine rings is 1. The van der Waals surface area contributed by atoms with Gasteiger partial charge in [0, 0.05) is 38.1 Å². The zero-order chi connectivity index (χ0) is 17.5. The second-order valence-corrected chi connectivity index (χ2v) is 7.55. The molecule has 26 heavy (non-hydrogen) atoms. The van der Waals surface area contributed by atoms with E-state index in [1.165, 1.54) is 12.8 Å². The fraction of sp³-hybridized carbons (Fsp3) is 0.500. The molecular weight excluding hydrogens is 328 g/mol. The van der Waals surface area contributed by atoms with Crippen molar-refractivity contribution < 1.29 is 9.53 Å². The lowest BCUT2D eigenvalue weighted by molar-refractivity contribution is -0.0816. The molecule has 1 aromatic heterocycles. The third-order valence-corrected chi connectivity index (χ3v) is 5.89. The quantitative estimate of drug-likeness (QED) is 0.845. The van der Waals surface area contributed by atoms with E-state index in [1.807, 2.05) is 41.4 Å². The zero-order valence-corrected chi connectivity index (χ0v) is 14.8. The zero-order valence-electron chi connectivity index (χ0n) is 14.8. The van der Waals surface area contributed by atoms with Crippen molar-refractivity contribution in [2.75, 3.05) is 32.8 Å². The number of aromatic nitrogens is 2. The van der Waals surface area contributed by atoms with Gasteiger partial charge in [0.25, 0.3) is 5.91 Å². The van der Waals surface area contributed by atoms with Gasteiger partial charge in [-0.1, -0.05) is 12.1 Å². The summed E-state index contributed by atoms with van der Waals surface area (Å²) in [5.74, 6) is 0.893. The van der Waals surface area contributed by atoms with Gasteiger partial charge < -0.3 is 9.64 Å². The van der Waals surface area contributed by atoms with Crippen LogP contribution in [0.1, 0.15) is 23.2 Å². The number of nitrogens with zero attached hydrogens (tertiary/aromatic N) is 4. The number of hydrogen-bond acceptors (Lipinski definition) is 4. The summed E-state index contributed by atoms with van der Waals surface area (Å²) in [6.45, 7) is 4.07. The van der Waals surface area contributed by atoms with Gasteiger partial charge in [-0.25, -0.2) is 4.68 Å². The van der Waals surface area contributed by atoms with Gasteiger partial charge in [0.15, 0.2) is 0 Å². The normalized spacial score (nSPS) is 26.5. The molecular formula is C20H24N4O2. The maximum atomic E-state index is 13.2. The number of carbonyl (C=O) groups is 1. The highest BCUT2D eigenvalue weighted by Gasteiger charge is 2.43. The van der Waals surface area contributed by atoms with E-state index in [0.717, 1.165) is 44.5 Å². The topological polar surface area (TPSA) is 50.6 Å². The predicted octanol–water partition coefficient (Wildman–Crippen LogP) is 1.81. The lowest BCUT2D eigenvalue weighted by Crippen LogP contribution is -2.63. The Morgan fingerprint density at radius 3 is 2.81 bits per heavy atom. The summed E-state index contributed by atoms with van der Waals surface area (Å²) in [7, 11) is 0. The summed E-state index contributed by atoms with van der Waals surface area (Å²) in [6.07, 6.45) is 6.27. The van der Waals surface area contributed by atoms with Crippen molar-refractivity contribution in [1.29, 1.82) is 0 Å². The minimum atomic E-state index is 0.0873. The van der Waals surface area contributed by atoms with Gasteiger partial charge in [-0.2, -0.15) is 5.10 Å². The highest BCUT2D eigenvalue weighted by molar-refractivity contribution is 5.97. The van der Waals surface area contributed by atoms with E-state index in [1.54, 1.807) is 10.9 Å². The second-order valence-electron chi connectivity index (χ2n) is 7.55. The maximum Gasteiger partial charge on any atom is 0.256 e. The molecule has 5 rings (SSSR count). The lowest BCUT2D eigenvalue weighted by Gasteiger charge is -2.48. The molecule has 0 N–H and O–H groups in total. The minimum Gasteiger partial charge on any atom is -0.378 e. The molecule has 136 valence electrons. The summed E-state index contributed by atoms with van der Waals surface area (Å²) >= 11 is 0. The molecule has 2 saturated heterocycles. The van der Waals surface area contributed by atoms with Gasteiger partial charge in [0.2, 0.25) is 0 Å². The first kappa shape index (κ1) is 16.0. The van der Waals surface area contributed by atoms with Crippen LogP contribution < -0.4 is 0 Å². The van der Waals surface area contributed by atoms with Crippen molar-refractivity contribution in [2.24, 2.45) is 5.92 Å². The number of amides is 1. The van der Waals surface area contributed by atoms with Crippen molar-refractivity contribution in [3.05, 3.63) is 48.3 Å². The molecule has 0 spiro atoms. The molecule has 6 heteroatoms. The first-order valence-electron chi connectivity index (χ1n) is 9.53. The van der Waals surface area contributed by atoms with Gasteiger partial charge in [0.1, 0.15) is 0 Å². The third-order valence-electron chi connectivity index (χ3n) is 5.89. The lowest BCUT2D eigenvalue weighted by atomic mass is 10.0. The largest absolute Gasteiger partial charge is 0.378 e. The molecule has 1 aromatic carbocycles. The van der Waals surface area contributed by atoms with Crippen molar-refractivity contribution in [3.8, 4) is 5.69 Å². The Hall–Kier alpha value is -2.18. The van der Waals surface area contributed by atoms with Crippen molar-refractivity contribution in [2.45, 2.75) is 24.9 Å². The van der Waals surface area contributed by atoms with E-state index in [4.69, 9.17) is 4.74 Å².